The van der Waals surface area contributed by atoms with E-state index in [9.17, 15) is 0 Å². The van der Waals surface area contributed by atoms with E-state index < -0.39 is 0 Å². The van der Waals surface area contributed by atoms with Crippen molar-refractivity contribution in [1.29, 1.82) is 0 Å². The first-order chi connectivity index (χ1) is 15.2. The molecule has 2 aromatic heterocycles. The minimum Gasteiger partial charge on any atom is -0.494 e. The zero-order chi connectivity index (χ0) is 21.2. The molecule has 0 bridgehead atoms. The molecule has 1 aromatic carbocycles. The molecule has 6 heteroatoms. The Bertz CT molecular complexity index is 1030. The lowest BCUT2D eigenvalue weighted by Crippen LogP contribution is -2.37. The molecule has 3 aromatic rings. The van der Waals surface area contributed by atoms with Gasteiger partial charge in [-0.3, -0.25) is 4.98 Å². The van der Waals surface area contributed by atoms with E-state index in [4.69, 9.17) is 21.4 Å². The Morgan fingerprint density at radius 3 is 2.61 bits per heavy atom. The number of benzene rings is 1. The van der Waals surface area contributed by atoms with Gasteiger partial charge in [0.05, 0.1) is 18.3 Å². The van der Waals surface area contributed by atoms with Gasteiger partial charge in [-0.2, -0.15) is 0 Å². The number of furan rings is 1. The van der Waals surface area contributed by atoms with Gasteiger partial charge in [0.2, 0.25) is 0 Å². The van der Waals surface area contributed by atoms with Gasteiger partial charge in [-0.1, -0.05) is 18.9 Å². The second-order valence-electron chi connectivity index (χ2n) is 8.13. The number of ether oxygens (including phenoxy) is 1. The highest BCUT2D eigenvalue weighted by molar-refractivity contribution is 7.80. The van der Waals surface area contributed by atoms with E-state index in [0.29, 0.717) is 12.6 Å². The lowest BCUT2D eigenvalue weighted by Gasteiger charge is -2.31. The molecule has 0 spiro atoms. The Morgan fingerprint density at radius 2 is 1.90 bits per heavy atom. The smallest absolute Gasteiger partial charge is 0.170 e. The van der Waals surface area contributed by atoms with Crippen LogP contribution in [0.2, 0.25) is 0 Å². The number of aromatic nitrogens is 1. The van der Waals surface area contributed by atoms with Crippen LogP contribution in [0, 0.1) is 0 Å². The van der Waals surface area contributed by atoms with Crippen molar-refractivity contribution in [1.82, 2.24) is 15.2 Å². The zero-order valence-corrected chi connectivity index (χ0v) is 18.5. The summed E-state index contributed by atoms with van der Waals surface area (Å²) in [6.07, 6.45) is 6.67. The van der Waals surface area contributed by atoms with E-state index in [1.54, 1.807) is 0 Å². The molecule has 1 saturated carbocycles. The van der Waals surface area contributed by atoms with Crippen molar-refractivity contribution < 1.29 is 9.15 Å². The number of nitrogens with zero attached hydrogens (tertiary/aromatic N) is 2. The molecule has 2 aliphatic rings. The predicted molar refractivity (Wildman–Crippen MR) is 125 cm³/mol. The number of rotatable bonds is 6. The van der Waals surface area contributed by atoms with Gasteiger partial charge in [0.15, 0.2) is 5.11 Å². The Labute approximate surface area is 188 Å². The number of thiocarbonyl (C=S) groups is 1. The molecule has 160 valence electrons. The second-order valence-corrected chi connectivity index (χ2v) is 8.52. The molecule has 0 radical (unpaired) electrons. The molecule has 31 heavy (non-hydrogen) atoms. The Balaban J connectivity index is 1.49. The van der Waals surface area contributed by atoms with E-state index in [2.05, 4.69) is 33.4 Å². The third-order valence-corrected chi connectivity index (χ3v) is 6.55. The monoisotopic (exact) mass is 433 g/mol. The molecule has 2 fully saturated rings. The third-order valence-electron chi connectivity index (χ3n) is 6.22. The number of pyridine rings is 1. The van der Waals surface area contributed by atoms with Gasteiger partial charge in [-0.15, -0.1) is 0 Å². The summed E-state index contributed by atoms with van der Waals surface area (Å²) in [7, 11) is 0. The standard InChI is InChI=1S/C25H27N3O2S/c1-2-29-19-12-10-17(11-13-19)21-14-15-22(30-21)24-23(20-9-5-6-16-26-20)27-25(31)28(24)18-7-3-4-8-18/h5-6,9-16,18,23-24H,2-4,7-8H2,1H3,(H,27,31)/t23-,24+/m0/s1. The molecule has 1 N–H and O–H groups in total. The third kappa shape index (κ3) is 3.92. The molecule has 1 aliphatic heterocycles. The van der Waals surface area contributed by atoms with Crippen LogP contribution in [0.4, 0.5) is 0 Å². The van der Waals surface area contributed by atoms with Crippen LogP contribution in [0.3, 0.4) is 0 Å². The first-order valence-corrected chi connectivity index (χ1v) is 11.5. The molecule has 5 rings (SSSR count). The minimum absolute atomic E-state index is 0.0121. The molecular formula is C25H27N3O2S. The summed E-state index contributed by atoms with van der Waals surface area (Å²) in [5.41, 5.74) is 2.01. The molecule has 2 atom stereocenters. The summed E-state index contributed by atoms with van der Waals surface area (Å²) >= 11 is 5.80. The highest BCUT2D eigenvalue weighted by Gasteiger charge is 2.45. The highest BCUT2D eigenvalue weighted by atomic mass is 32.1. The van der Waals surface area contributed by atoms with Gasteiger partial charge < -0.3 is 19.4 Å². The minimum atomic E-state index is -0.0337. The molecule has 5 nitrogen and oxygen atoms in total. The van der Waals surface area contributed by atoms with Crippen LogP contribution in [0.15, 0.2) is 65.2 Å². The molecule has 1 saturated heterocycles. The van der Waals surface area contributed by atoms with Gasteiger partial charge in [0, 0.05) is 17.8 Å². The average Bonchev–Trinajstić information content (AvgIpc) is 3.55. The summed E-state index contributed by atoms with van der Waals surface area (Å²) < 4.78 is 12.0. The maximum Gasteiger partial charge on any atom is 0.170 e. The summed E-state index contributed by atoms with van der Waals surface area (Å²) in [6, 6.07) is 18.6. The summed E-state index contributed by atoms with van der Waals surface area (Å²) in [5, 5.41) is 4.33. The van der Waals surface area contributed by atoms with Crippen LogP contribution in [-0.2, 0) is 0 Å². The Hall–Kier alpha value is -2.86. The van der Waals surface area contributed by atoms with E-state index in [1.165, 1.54) is 25.7 Å². The van der Waals surface area contributed by atoms with E-state index >= 15 is 0 Å². The Morgan fingerprint density at radius 1 is 1.10 bits per heavy atom. The summed E-state index contributed by atoms with van der Waals surface area (Å²) in [6.45, 7) is 2.64. The summed E-state index contributed by atoms with van der Waals surface area (Å²) in [4.78, 5) is 6.98. The van der Waals surface area contributed by atoms with Crippen molar-refractivity contribution in [2.75, 3.05) is 6.61 Å². The Kier molecular flexibility index (Phi) is 5.64. The van der Waals surface area contributed by atoms with Crippen LogP contribution in [-0.4, -0.2) is 27.6 Å². The first-order valence-electron chi connectivity index (χ1n) is 11.1. The number of hydrogen-bond acceptors (Lipinski definition) is 4. The van der Waals surface area contributed by atoms with Gasteiger partial charge in [-0.05, 0) is 80.5 Å². The fraction of sp³-hybridized carbons (Fsp3) is 0.360. The fourth-order valence-electron chi connectivity index (χ4n) is 4.79. The van der Waals surface area contributed by atoms with Gasteiger partial charge in [-0.25, -0.2) is 0 Å². The maximum absolute atomic E-state index is 6.43. The van der Waals surface area contributed by atoms with Crippen molar-refractivity contribution >= 4 is 17.3 Å². The molecular weight excluding hydrogens is 406 g/mol. The summed E-state index contributed by atoms with van der Waals surface area (Å²) in [5.74, 6) is 2.63. The van der Waals surface area contributed by atoms with Crippen molar-refractivity contribution in [3.05, 3.63) is 72.2 Å². The normalized spacial score (nSPS) is 21.5. The average molecular weight is 434 g/mol. The van der Waals surface area contributed by atoms with Gasteiger partial charge in [0.25, 0.3) is 0 Å². The van der Waals surface area contributed by atoms with Crippen LogP contribution in [0.1, 0.15) is 56.1 Å². The van der Waals surface area contributed by atoms with Crippen molar-refractivity contribution in [3.8, 4) is 17.1 Å². The lowest BCUT2D eigenvalue weighted by molar-refractivity contribution is 0.218. The van der Waals surface area contributed by atoms with Crippen LogP contribution in [0.25, 0.3) is 11.3 Å². The maximum atomic E-state index is 6.43. The first kappa shape index (κ1) is 20.1. The van der Waals surface area contributed by atoms with E-state index in [-0.39, 0.29) is 12.1 Å². The molecule has 0 unspecified atom stereocenters. The van der Waals surface area contributed by atoms with Crippen LogP contribution < -0.4 is 10.1 Å². The van der Waals surface area contributed by atoms with Crippen molar-refractivity contribution in [3.63, 3.8) is 0 Å². The quantitative estimate of drug-likeness (QED) is 0.507. The van der Waals surface area contributed by atoms with E-state index in [1.807, 2.05) is 49.5 Å². The van der Waals surface area contributed by atoms with Gasteiger partial charge in [0.1, 0.15) is 23.3 Å². The zero-order valence-electron chi connectivity index (χ0n) is 17.7. The largest absolute Gasteiger partial charge is 0.494 e. The second kappa shape index (κ2) is 8.71. The molecule has 0 amide bonds. The van der Waals surface area contributed by atoms with Crippen LogP contribution >= 0.6 is 12.2 Å². The van der Waals surface area contributed by atoms with Crippen molar-refractivity contribution in [2.45, 2.75) is 50.7 Å². The topological polar surface area (TPSA) is 50.5 Å². The lowest BCUT2D eigenvalue weighted by atomic mass is 10.0. The molecule has 1 aliphatic carbocycles. The molecule has 3 heterocycles. The van der Waals surface area contributed by atoms with E-state index in [0.717, 1.165) is 33.6 Å². The van der Waals surface area contributed by atoms with Crippen molar-refractivity contribution in [2.24, 2.45) is 0 Å². The SMILES string of the molecule is CCOc1ccc(-c2ccc([C@@H]3[C@H](c4ccccn4)NC(=S)N3C3CCCC3)o2)cc1. The van der Waals surface area contributed by atoms with Gasteiger partial charge >= 0.3 is 0 Å². The number of nitrogens with one attached hydrogen (secondary N) is 1. The highest BCUT2D eigenvalue weighted by Crippen LogP contribution is 2.44. The number of hydrogen-bond donors (Lipinski definition) is 1. The predicted octanol–water partition coefficient (Wildman–Crippen LogP) is 5.66. The van der Waals surface area contributed by atoms with Crippen LogP contribution in [0.5, 0.6) is 5.75 Å². The fourth-order valence-corrected chi connectivity index (χ4v) is 5.18.